The fraction of sp³-hybridized carbons (Fsp3) is 0.389. The number of piperidine rings is 1. The molecule has 2 heterocycles. The molecule has 0 saturated carbocycles. The molecule has 144 valence electrons. The number of carboxylic acid groups (broad SMARTS) is 1. The van der Waals surface area contributed by atoms with Crippen molar-refractivity contribution < 1.29 is 14.3 Å². The van der Waals surface area contributed by atoms with Crippen LogP contribution < -0.4 is 21.9 Å². The Morgan fingerprint density at radius 3 is 2.74 bits per heavy atom. The fourth-order valence-corrected chi connectivity index (χ4v) is 3.36. The van der Waals surface area contributed by atoms with E-state index in [0.29, 0.717) is 18.9 Å². The summed E-state index contributed by atoms with van der Waals surface area (Å²) >= 11 is 0. The van der Waals surface area contributed by atoms with Crippen molar-refractivity contribution in [2.75, 3.05) is 18.0 Å². The molecule has 1 aromatic heterocycles. The second-order valence-electron chi connectivity index (χ2n) is 6.72. The van der Waals surface area contributed by atoms with Crippen molar-refractivity contribution in [1.29, 1.82) is 0 Å². The second-order valence-corrected chi connectivity index (χ2v) is 6.72. The van der Waals surface area contributed by atoms with Gasteiger partial charge in [0.2, 0.25) is 0 Å². The molecule has 0 bridgehead atoms. The number of benzene rings is 1. The van der Waals surface area contributed by atoms with Crippen LogP contribution in [0.5, 0.6) is 0 Å². The summed E-state index contributed by atoms with van der Waals surface area (Å²) in [5.41, 5.74) is 4.99. The van der Waals surface area contributed by atoms with Gasteiger partial charge in [0.1, 0.15) is 11.6 Å². The van der Waals surface area contributed by atoms with Gasteiger partial charge in [-0.3, -0.25) is 13.9 Å². The zero-order valence-corrected chi connectivity index (χ0v) is 14.9. The lowest BCUT2D eigenvalue weighted by Gasteiger charge is -2.34. The Morgan fingerprint density at radius 2 is 2.07 bits per heavy atom. The van der Waals surface area contributed by atoms with Crippen molar-refractivity contribution >= 4 is 11.8 Å². The van der Waals surface area contributed by atoms with Gasteiger partial charge in [0.25, 0.3) is 5.56 Å². The van der Waals surface area contributed by atoms with E-state index in [2.05, 4.69) is 0 Å². The average molecular weight is 376 g/mol. The van der Waals surface area contributed by atoms with Gasteiger partial charge < -0.3 is 15.7 Å². The number of rotatable bonds is 4. The fourth-order valence-electron chi connectivity index (χ4n) is 3.36. The molecule has 1 aliphatic rings. The first kappa shape index (κ1) is 18.8. The monoisotopic (exact) mass is 376 g/mol. The lowest BCUT2D eigenvalue weighted by atomic mass is 10.1. The maximum absolute atomic E-state index is 13.7. The van der Waals surface area contributed by atoms with Gasteiger partial charge in [-0.05, 0) is 36.6 Å². The summed E-state index contributed by atoms with van der Waals surface area (Å²) in [5.74, 6) is -1.46. The summed E-state index contributed by atoms with van der Waals surface area (Å²) in [7, 11) is 1.34. The largest absolute Gasteiger partial charge is 0.478 e. The van der Waals surface area contributed by atoms with Gasteiger partial charge in [-0.15, -0.1) is 0 Å². The van der Waals surface area contributed by atoms with Crippen LogP contribution in [-0.4, -0.2) is 39.3 Å². The Balaban J connectivity index is 2.14. The molecular formula is C18H21FN4O4. The smallest absolute Gasteiger partial charge is 0.336 e. The van der Waals surface area contributed by atoms with E-state index >= 15 is 0 Å². The summed E-state index contributed by atoms with van der Waals surface area (Å²) in [5, 5.41) is 9.36. The minimum Gasteiger partial charge on any atom is -0.478 e. The van der Waals surface area contributed by atoms with E-state index in [1.165, 1.54) is 17.7 Å². The molecule has 1 fully saturated rings. The Kier molecular flexibility index (Phi) is 5.13. The molecule has 0 aliphatic carbocycles. The summed E-state index contributed by atoms with van der Waals surface area (Å²) < 4.78 is 15.9. The molecule has 9 heteroatoms. The maximum atomic E-state index is 13.7. The van der Waals surface area contributed by atoms with Crippen LogP contribution in [0.1, 0.15) is 28.8 Å². The van der Waals surface area contributed by atoms with Crippen LogP contribution in [0.25, 0.3) is 0 Å². The van der Waals surface area contributed by atoms with E-state index in [-0.39, 0.29) is 23.7 Å². The van der Waals surface area contributed by atoms with Crippen molar-refractivity contribution in [2.24, 2.45) is 12.8 Å². The molecular weight excluding hydrogens is 355 g/mol. The number of carboxylic acids is 1. The van der Waals surface area contributed by atoms with Crippen LogP contribution in [0.15, 0.2) is 33.9 Å². The quantitative estimate of drug-likeness (QED) is 0.797. The van der Waals surface area contributed by atoms with E-state index in [1.54, 1.807) is 0 Å². The molecule has 27 heavy (non-hydrogen) atoms. The summed E-state index contributed by atoms with van der Waals surface area (Å²) in [4.78, 5) is 38.2. The zero-order valence-electron chi connectivity index (χ0n) is 14.9. The Morgan fingerprint density at radius 1 is 1.33 bits per heavy atom. The first-order valence-electron chi connectivity index (χ1n) is 8.61. The first-order chi connectivity index (χ1) is 12.8. The molecule has 0 unspecified atom stereocenters. The van der Waals surface area contributed by atoms with E-state index in [1.807, 2.05) is 4.90 Å². The third-order valence-electron chi connectivity index (χ3n) is 4.79. The van der Waals surface area contributed by atoms with Crippen LogP contribution in [0.4, 0.5) is 10.2 Å². The van der Waals surface area contributed by atoms with Gasteiger partial charge in [0, 0.05) is 32.2 Å². The number of aromatic nitrogens is 2. The van der Waals surface area contributed by atoms with Crippen LogP contribution in [-0.2, 0) is 13.6 Å². The number of hydrogen-bond acceptors (Lipinski definition) is 5. The molecule has 1 atom stereocenters. The van der Waals surface area contributed by atoms with Gasteiger partial charge in [-0.1, -0.05) is 0 Å². The van der Waals surface area contributed by atoms with Crippen molar-refractivity contribution in [1.82, 2.24) is 9.13 Å². The van der Waals surface area contributed by atoms with Crippen LogP contribution in [0.3, 0.4) is 0 Å². The van der Waals surface area contributed by atoms with Crippen LogP contribution in [0.2, 0.25) is 0 Å². The van der Waals surface area contributed by atoms with Gasteiger partial charge in [0.05, 0.1) is 12.1 Å². The maximum Gasteiger partial charge on any atom is 0.336 e. The third kappa shape index (κ3) is 3.77. The third-order valence-corrected chi connectivity index (χ3v) is 4.79. The molecule has 1 saturated heterocycles. The lowest BCUT2D eigenvalue weighted by Crippen LogP contribution is -2.47. The van der Waals surface area contributed by atoms with E-state index in [4.69, 9.17) is 5.73 Å². The summed E-state index contributed by atoms with van der Waals surface area (Å²) in [6.45, 7) is 0.921. The van der Waals surface area contributed by atoms with E-state index in [9.17, 15) is 23.9 Å². The SMILES string of the molecule is Cn1c(=O)cc(N2CCC[C@H](N)C2)n(Cc2cc(F)ccc2C(=O)O)c1=O. The Hall–Kier alpha value is -2.94. The Bertz CT molecular complexity index is 998. The minimum absolute atomic E-state index is 0.0879. The van der Waals surface area contributed by atoms with Gasteiger partial charge in [-0.2, -0.15) is 0 Å². The van der Waals surface area contributed by atoms with Crippen LogP contribution in [0, 0.1) is 5.82 Å². The highest BCUT2D eigenvalue weighted by Crippen LogP contribution is 2.20. The van der Waals surface area contributed by atoms with E-state index in [0.717, 1.165) is 35.6 Å². The topological polar surface area (TPSA) is 111 Å². The predicted octanol–water partition coefficient (Wildman–Crippen LogP) is 0.360. The molecule has 2 aromatic rings. The van der Waals surface area contributed by atoms with Crippen LogP contribution >= 0.6 is 0 Å². The highest BCUT2D eigenvalue weighted by atomic mass is 19.1. The summed E-state index contributed by atoms with van der Waals surface area (Å²) in [6.07, 6.45) is 1.66. The molecule has 1 aliphatic heterocycles. The molecule has 3 rings (SSSR count). The van der Waals surface area contributed by atoms with Gasteiger partial charge in [-0.25, -0.2) is 14.0 Å². The molecule has 8 nitrogen and oxygen atoms in total. The second kappa shape index (κ2) is 7.36. The standard InChI is InChI=1S/C18H21FN4O4/c1-21-16(24)8-15(22-6-2-3-13(20)10-22)23(18(21)27)9-11-7-12(19)4-5-14(11)17(25)26/h4-5,7-8,13H,2-3,6,9-10,20H2,1H3,(H,25,26)/t13-/m0/s1. The molecule has 0 spiro atoms. The van der Waals surface area contributed by atoms with Crippen molar-refractivity contribution in [3.8, 4) is 0 Å². The number of carbonyl (C=O) groups is 1. The molecule has 1 aromatic carbocycles. The van der Waals surface area contributed by atoms with Crippen molar-refractivity contribution in [3.63, 3.8) is 0 Å². The number of hydrogen-bond donors (Lipinski definition) is 2. The van der Waals surface area contributed by atoms with Crippen molar-refractivity contribution in [2.45, 2.75) is 25.4 Å². The normalized spacial score (nSPS) is 17.1. The number of anilines is 1. The molecule has 3 N–H and O–H groups in total. The highest BCUT2D eigenvalue weighted by Gasteiger charge is 2.22. The minimum atomic E-state index is -1.22. The van der Waals surface area contributed by atoms with Crippen molar-refractivity contribution in [3.05, 3.63) is 62.0 Å². The number of nitrogens with two attached hydrogens (primary N) is 1. The predicted molar refractivity (Wildman–Crippen MR) is 97.8 cm³/mol. The summed E-state index contributed by atoms with van der Waals surface area (Å²) in [6, 6.07) is 4.55. The molecule has 0 radical (unpaired) electrons. The highest BCUT2D eigenvalue weighted by molar-refractivity contribution is 5.89. The first-order valence-corrected chi connectivity index (χ1v) is 8.61. The number of halogens is 1. The average Bonchev–Trinajstić information content (AvgIpc) is 2.61. The van der Waals surface area contributed by atoms with Gasteiger partial charge >= 0.3 is 11.7 Å². The number of nitrogens with zero attached hydrogens (tertiary/aromatic N) is 3. The van der Waals surface area contributed by atoms with Gasteiger partial charge in [0.15, 0.2) is 0 Å². The zero-order chi connectivity index (χ0) is 19.7. The lowest BCUT2D eigenvalue weighted by molar-refractivity contribution is 0.0695. The Labute approximate surface area is 154 Å². The van der Waals surface area contributed by atoms with E-state index < -0.39 is 23.0 Å². The molecule has 0 amide bonds. The number of aromatic carboxylic acids is 1.